The van der Waals surface area contributed by atoms with Crippen LogP contribution in [0.2, 0.25) is 0 Å². The first-order valence-corrected chi connectivity index (χ1v) is 10.3. The fraction of sp³-hybridized carbons (Fsp3) is 0.217. The topological polar surface area (TPSA) is 60.5 Å². The number of rotatable bonds is 3. The second-order valence-electron chi connectivity index (χ2n) is 6.34. The maximum Gasteiger partial charge on any atom is 0.257 e. The number of fused-ring (bicyclic) bond motifs is 1. The molecular weight excluding hydrogens is 432 g/mol. The lowest BCUT2D eigenvalue weighted by Crippen LogP contribution is -2.15. The number of nitrogens with one attached hydrogen (secondary N) is 1. The molecule has 1 aliphatic heterocycles. The Morgan fingerprint density at radius 2 is 1.69 bits per heavy atom. The van der Waals surface area contributed by atoms with Gasteiger partial charge in [0.1, 0.15) is 5.82 Å². The van der Waals surface area contributed by atoms with Crippen molar-refractivity contribution in [3.63, 3.8) is 0 Å². The van der Waals surface area contributed by atoms with Gasteiger partial charge in [-0.05, 0) is 49.2 Å². The monoisotopic (exact) mass is 454 g/mol. The van der Waals surface area contributed by atoms with Gasteiger partial charge in [-0.25, -0.2) is 4.98 Å². The van der Waals surface area contributed by atoms with Crippen LogP contribution < -0.4 is 14.8 Å². The Morgan fingerprint density at radius 1 is 1.03 bits per heavy atom. The third kappa shape index (κ3) is 4.43. The van der Waals surface area contributed by atoms with Gasteiger partial charge < -0.3 is 14.8 Å². The van der Waals surface area contributed by atoms with Crippen molar-refractivity contribution >= 4 is 27.7 Å². The zero-order valence-corrected chi connectivity index (χ0v) is 18.5. The zero-order chi connectivity index (χ0) is 21.0. The van der Waals surface area contributed by atoms with E-state index in [1.165, 1.54) is 0 Å². The number of aryl methyl sites for hydroxylation is 2. The zero-order valence-electron chi connectivity index (χ0n) is 16.9. The summed E-state index contributed by atoms with van der Waals surface area (Å²) in [5, 5.41) is 2.87. The van der Waals surface area contributed by atoms with E-state index in [1.807, 2.05) is 64.1 Å². The van der Waals surface area contributed by atoms with Crippen LogP contribution in [-0.4, -0.2) is 17.7 Å². The van der Waals surface area contributed by atoms with Crippen LogP contribution in [0.15, 0.2) is 53.1 Å². The minimum atomic E-state index is -0.157. The number of ether oxygens (including phenoxy) is 2. The van der Waals surface area contributed by atoms with Crippen LogP contribution in [0.4, 0.5) is 5.82 Å². The molecule has 1 aromatic heterocycles. The second-order valence-corrected chi connectivity index (χ2v) is 7.19. The molecular formula is C23H23BrN2O3. The molecule has 5 nitrogen and oxygen atoms in total. The second kappa shape index (κ2) is 9.09. The first-order valence-electron chi connectivity index (χ1n) is 9.46. The number of amides is 1. The van der Waals surface area contributed by atoms with Gasteiger partial charge in [-0.3, -0.25) is 4.79 Å². The van der Waals surface area contributed by atoms with E-state index in [1.54, 1.807) is 12.3 Å². The molecule has 2 heterocycles. The van der Waals surface area contributed by atoms with Crippen molar-refractivity contribution < 1.29 is 14.3 Å². The number of pyridine rings is 1. The lowest BCUT2D eigenvalue weighted by molar-refractivity contribution is 0.102. The number of hydrogen-bond acceptors (Lipinski definition) is 4. The highest BCUT2D eigenvalue weighted by atomic mass is 79.9. The van der Waals surface area contributed by atoms with Crippen LogP contribution in [0.1, 0.15) is 35.3 Å². The lowest BCUT2D eigenvalue weighted by Gasteiger charge is -2.11. The summed E-state index contributed by atoms with van der Waals surface area (Å²) in [5.41, 5.74) is 4.41. The van der Waals surface area contributed by atoms with Crippen LogP contribution in [0, 0.1) is 13.8 Å². The number of halogens is 1. The molecule has 0 saturated heterocycles. The van der Waals surface area contributed by atoms with Crippen LogP contribution in [0.3, 0.4) is 0 Å². The first kappa shape index (κ1) is 20.9. The molecule has 1 N–H and O–H groups in total. The number of carbonyl (C=O) groups is 1. The van der Waals surface area contributed by atoms with E-state index in [0.29, 0.717) is 17.1 Å². The number of carbonyl (C=O) groups excluding carboxylic acids is 1. The summed E-state index contributed by atoms with van der Waals surface area (Å²) in [6.45, 7) is 8.08. The van der Waals surface area contributed by atoms with Gasteiger partial charge in [0.05, 0.1) is 0 Å². The molecule has 0 saturated carbocycles. The summed E-state index contributed by atoms with van der Waals surface area (Å²) in [4.78, 5) is 17.0. The van der Waals surface area contributed by atoms with Crippen LogP contribution in [-0.2, 0) is 0 Å². The van der Waals surface area contributed by atoms with Gasteiger partial charge in [-0.2, -0.15) is 0 Å². The SMILES string of the molecule is CC.Cc1cccc(C)c1C(=O)Nc1ccc(-c2cc3c(cc2Br)OCO3)cn1. The van der Waals surface area contributed by atoms with Crippen LogP contribution in [0.5, 0.6) is 11.5 Å². The molecule has 1 amide bonds. The summed E-state index contributed by atoms with van der Waals surface area (Å²) in [6.07, 6.45) is 1.72. The van der Waals surface area contributed by atoms with Gasteiger partial charge >= 0.3 is 0 Å². The van der Waals surface area contributed by atoms with Gasteiger partial charge in [-0.15, -0.1) is 0 Å². The van der Waals surface area contributed by atoms with Crippen LogP contribution >= 0.6 is 15.9 Å². The number of anilines is 1. The smallest absolute Gasteiger partial charge is 0.257 e. The molecule has 2 aromatic carbocycles. The predicted octanol–water partition coefficient (Wildman–Crippen LogP) is 6.14. The van der Waals surface area contributed by atoms with Gasteiger partial charge in [0.25, 0.3) is 5.91 Å². The van der Waals surface area contributed by atoms with E-state index in [0.717, 1.165) is 32.5 Å². The van der Waals surface area contributed by atoms with E-state index < -0.39 is 0 Å². The maximum atomic E-state index is 12.6. The highest BCUT2D eigenvalue weighted by Gasteiger charge is 2.18. The van der Waals surface area contributed by atoms with Crippen molar-refractivity contribution in [1.29, 1.82) is 0 Å². The highest BCUT2D eigenvalue weighted by Crippen LogP contribution is 2.41. The Balaban J connectivity index is 0.00000117. The van der Waals surface area contributed by atoms with Crippen molar-refractivity contribution in [2.24, 2.45) is 0 Å². The number of hydrogen-bond donors (Lipinski definition) is 1. The van der Waals surface area contributed by atoms with E-state index in [-0.39, 0.29) is 12.7 Å². The number of nitrogens with zero attached hydrogens (tertiary/aromatic N) is 1. The van der Waals surface area contributed by atoms with Gasteiger partial charge in [0, 0.05) is 27.4 Å². The van der Waals surface area contributed by atoms with Gasteiger partial charge in [0.15, 0.2) is 11.5 Å². The molecule has 0 radical (unpaired) electrons. The van der Waals surface area contributed by atoms with E-state index in [2.05, 4.69) is 26.2 Å². The number of benzene rings is 2. The molecule has 0 bridgehead atoms. The predicted molar refractivity (Wildman–Crippen MR) is 119 cm³/mol. The fourth-order valence-electron chi connectivity index (χ4n) is 3.12. The van der Waals surface area contributed by atoms with Crippen molar-refractivity contribution in [3.05, 3.63) is 69.8 Å². The Bertz CT molecular complexity index is 1010. The molecule has 0 atom stereocenters. The Hall–Kier alpha value is -2.86. The summed E-state index contributed by atoms with van der Waals surface area (Å²) in [6, 6.07) is 13.3. The van der Waals surface area contributed by atoms with Crippen molar-refractivity contribution in [1.82, 2.24) is 4.98 Å². The third-order valence-electron chi connectivity index (χ3n) is 4.49. The maximum absolute atomic E-state index is 12.6. The average molecular weight is 455 g/mol. The summed E-state index contributed by atoms with van der Waals surface area (Å²) >= 11 is 3.56. The molecule has 3 aromatic rings. The molecule has 6 heteroatoms. The molecule has 29 heavy (non-hydrogen) atoms. The van der Waals surface area contributed by atoms with E-state index >= 15 is 0 Å². The van der Waals surface area contributed by atoms with Crippen LogP contribution in [0.25, 0.3) is 11.1 Å². The molecule has 1 aliphatic rings. The highest BCUT2D eigenvalue weighted by molar-refractivity contribution is 9.10. The van der Waals surface area contributed by atoms with Gasteiger partial charge in [-0.1, -0.05) is 48.0 Å². The average Bonchev–Trinajstić information content (AvgIpc) is 3.16. The normalized spacial score (nSPS) is 11.5. The Labute approximate surface area is 179 Å². The molecule has 0 unspecified atom stereocenters. The standard InChI is InChI=1S/C21H17BrN2O3.C2H6/c1-12-4-3-5-13(2)20(12)21(25)24-19-7-6-14(10-23-19)15-8-17-18(9-16(15)22)27-11-26-17;1-2/h3-10H,11H2,1-2H3,(H,23,24,25);1-2H3. The minimum absolute atomic E-state index is 0.157. The molecule has 0 spiro atoms. The Kier molecular flexibility index (Phi) is 6.54. The number of aromatic nitrogens is 1. The van der Waals surface area contributed by atoms with Crippen molar-refractivity contribution in [2.45, 2.75) is 27.7 Å². The molecule has 4 rings (SSSR count). The summed E-state index contributed by atoms with van der Waals surface area (Å²) < 4.78 is 11.7. The minimum Gasteiger partial charge on any atom is -0.454 e. The first-order chi connectivity index (χ1) is 14.0. The van der Waals surface area contributed by atoms with Crippen molar-refractivity contribution in [2.75, 3.05) is 12.1 Å². The lowest BCUT2D eigenvalue weighted by atomic mass is 10.0. The molecule has 150 valence electrons. The van der Waals surface area contributed by atoms with E-state index in [9.17, 15) is 4.79 Å². The molecule has 0 aliphatic carbocycles. The summed E-state index contributed by atoms with van der Waals surface area (Å²) in [7, 11) is 0. The van der Waals surface area contributed by atoms with Gasteiger partial charge in [0.2, 0.25) is 6.79 Å². The van der Waals surface area contributed by atoms with Crippen molar-refractivity contribution in [3.8, 4) is 22.6 Å². The molecule has 0 fully saturated rings. The van der Waals surface area contributed by atoms with E-state index in [4.69, 9.17) is 9.47 Å². The third-order valence-corrected chi connectivity index (χ3v) is 5.14. The Morgan fingerprint density at radius 3 is 2.31 bits per heavy atom. The summed E-state index contributed by atoms with van der Waals surface area (Å²) in [5.74, 6) is 1.77. The largest absolute Gasteiger partial charge is 0.454 e. The fourth-order valence-corrected chi connectivity index (χ4v) is 3.67. The quantitative estimate of drug-likeness (QED) is 0.516.